The van der Waals surface area contributed by atoms with Gasteiger partial charge in [0.15, 0.2) is 0 Å². The van der Waals surface area contributed by atoms with Crippen LogP contribution in [0.4, 0.5) is 0 Å². The lowest BCUT2D eigenvalue weighted by molar-refractivity contribution is 0.0955. The number of amides is 1. The summed E-state index contributed by atoms with van der Waals surface area (Å²) < 4.78 is 0.908. The number of hydrogen-bond donors (Lipinski definition) is 1. The topological polar surface area (TPSA) is 41.5 Å². The number of nitrogens with one attached hydrogen (secondary N) is 1. The van der Waals surface area contributed by atoms with Crippen molar-refractivity contribution in [2.45, 2.75) is 0 Å². The van der Waals surface area contributed by atoms with Crippen molar-refractivity contribution in [1.29, 1.82) is 0 Å². The van der Waals surface area contributed by atoms with E-state index >= 15 is 0 Å². The smallest absolute Gasteiger partial charge is 0.267 e. The van der Waals surface area contributed by atoms with Crippen molar-refractivity contribution in [3.63, 3.8) is 0 Å². The normalized spacial score (nSPS) is 10.6. The molecule has 96 valence electrons. The molecule has 0 saturated carbocycles. The van der Waals surface area contributed by atoms with Crippen molar-refractivity contribution in [2.75, 3.05) is 0 Å². The molecule has 3 nitrogen and oxygen atoms in total. The molecule has 1 amide bonds. The number of halogens is 2. The summed E-state index contributed by atoms with van der Waals surface area (Å²) in [5.74, 6) is -0.339. The zero-order chi connectivity index (χ0) is 13.7. The molecule has 0 radical (unpaired) electrons. The second-order valence-corrected chi connectivity index (χ2v) is 4.96. The van der Waals surface area contributed by atoms with Crippen molar-refractivity contribution in [2.24, 2.45) is 5.10 Å². The summed E-state index contributed by atoms with van der Waals surface area (Å²) in [6, 6.07) is 14.4. The van der Waals surface area contributed by atoms with Gasteiger partial charge in [0.1, 0.15) is 0 Å². The van der Waals surface area contributed by atoms with Gasteiger partial charge in [0.25, 0.3) is 5.91 Å². The number of carbonyl (C=O) groups is 1. The van der Waals surface area contributed by atoms with E-state index < -0.39 is 0 Å². The Labute approximate surface area is 124 Å². The first-order valence-corrected chi connectivity index (χ1v) is 6.68. The minimum Gasteiger partial charge on any atom is -0.267 e. The van der Waals surface area contributed by atoms with Crippen molar-refractivity contribution in [3.05, 3.63) is 69.2 Å². The van der Waals surface area contributed by atoms with Crippen LogP contribution in [0.25, 0.3) is 0 Å². The van der Waals surface area contributed by atoms with Crippen LogP contribution in [0.2, 0.25) is 5.02 Å². The minimum absolute atomic E-state index is 0.339. The fourth-order valence-corrected chi connectivity index (χ4v) is 2.05. The van der Waals surface area contributed by atoms with E-state index in [0.717, 1.165) is 10.0 Å². The molecule has 0 unspecified atom stereocenters. The predicted molar refractivity (Wildman–Crippen MR) is 80.7 cm³/mol. The number of rotatable bonds is 3. The highest BCUT2D eigenvalue weighted by atomic mass is 79.9. The molecule has 0 spiro atoms. The quantitative estimate of drug-likeness (QED) is 0.670. The molecule has 5 heteroatoms. The average Bonchev–Trinajstić information content (AvgIpc) is 2.41. The number of carbonyl (C=O) groups excluding carboxylic acids is 1. The van der Waals surface area contributed by atoms with Crippen LogP contribution in [0.3, 0.4) is 0 Å². The number of hydrogen-bond acceptors (Lipinski definition) is 2. The Morgan fingerprint density at radius 2 is 1.84 bits per heavy atom. The lowest BCUT2D eigenvalue weighted by atomic mass is 10.2. The van der Waals surface area contributed by atoms with E-state index in [-0.39, 0.29) is 5.91 Å². The van der Waals surface area contributed by atoms with Crippen molar-refractivity contribution in [1.82, 2.24) is 5.43 Å². The highest BCUT2D eigenvalue weighted by molar-refractivity contribution is 9.10. The van der Waals surface area contributed by atoms with Gasteiger partial charge in [0.05, 0.1) is 16.8 Å². The van der Waals surface area contributed by atoms with Gasteiger partial charge in [-0.3, -0.25) is 4.79 Å². The Hall–Kier alpha value is -1.65. The first kappa shape index (κ1) is 13.8. The van der Waals surface area contributed by atoms with Gasteiger partial charge in [-0.1, -0.05) is 57.9 Å². The van der Waals surface area contributed by atoms with Gasteiger partial charge < -0.3 is 0 Å². The SMILES string of the molecule is O=C(N/N=C/c1ccccc1Br)c1ccccc1Cl. The summed E-state index contributed by atoms with van der Waals surface area (Å²) in [5.41, 5.74) is 3.71. The fourth-order valence-electron chi connectivity index (χ4n) is 1.45. The summed E-state index contributed by atoms with van der Waals surface area (Å²) in [5, 5.41) is 4.31. The van der Waals surface area contributed by atoms with Crippen LogP contribution >= 0.6 is 27.5 Å². The third-order valence-electron chi connectivity index (χ3n) is 2.39. The third kappa shape index (κ3) is 3.66. The minimum atomic E-state index is -0.339. The van der Waals surface area contributed by atoms with Crippen LogP contribution in [0.15, 0.2) is 58.1 Å². The predicted octanol–water partition coefficient (Wildman–Crippen LogP) is 3.87. The van der Waals surface area contributed by atoms with Crippen molar-refractivity contribution < 1.29 is 4.79 Å². The van der Waals surface area contributed by atoms with Gasteiger partial charge in [-0.05, 0) is 18.2 Å². The van der Waals surface area contributed by atoms with E-state index in [2.05, 4.69) is 26.5 Å². The zero-order valence-electron chi connectivity index (χ0n) is 9.81. The van der Waals surface area contributed by atoms with Gasteiger partial charge >= 0.3 is 0 Å². The molecule has 2 rings (SSSR count). The van der Waals surface area contributed by atoms with E-state index in [0.29, 0.717) is 10.6 Å². The summed E-state index contributed by atoms with van der Waals surface area (Å²) in [6.45, 7) is 0. The molecule has 0 aliphatic heterocycles. The molecule has 0 aliphatic carbocycles. The van der Waals surface area contributed by atoms with Gasteiger partial charge in [-0.2, -0.15) is 5.10 Å². The Morgan fingerprint density at radius 1 is 1.16 bits per heavy atom. The zero-order valence-corrected chi connectivity index (χ0v) is 12.1. The van der Waals surface area contributed by atoms with E-state index in [4.69, 9.17) is 11.6 Å². The Balaban J connectivity index is 2.06. The van der Waals surface area contributed by atoms with E-state index in [1.807, 2.05) is 24.3 Å². The summed E-state index contributed by atoms with van der Waals surface area (Å²) >= 11 is 9.32. The van der Waals surface area contributed by atoms with Gasteiger partial charge in [0, 0.05) is 10.0 Å². The first-order valence-electron chi connectivity index (χ1n) is 5.51. The van der Waals surface area contributed by atoms with E-state index in [1.165, 1.54) is 0 Å². The lowest BCUT2D eigenvalue weighted by Crippen LogP contribution is -2.17. The highest BCUT2D eigenvalue weighted by Gasteiger charge is 2.07. The highest BCUT2D eigenvalue weighted by Crippen LogP contribution is 2.15. The number of benzene rings is 2. The van der Waals surface area contributed by atoms with Crippen LogP contribution < -0.4 is 5.43 Å². The van der Waals surface area contributed by atoms with Crippen LogP contribution in [-0.2, 0) is 0 Å². The van der Waals surface area contributed by atoms with Crippen LogP contribution in [0, 0.1) is 0 Å². The van der Waals surface area contributed by atoms with E-state index in [9.17, 15) is 4.79 Å². The monoisotopic (exact) mass is 336 g/mol. The molecule has 19 heavy (non-hydrogen) atoms. The van der Waals surface area contributed by atoms with Gasteiger partial charge in [-0.15, -0.1) is 0 Å². The largest absolute Gasteiger partial charge is 0.272 e. The maximum absolute atomic E-state index is 11.8. The Kier molecular flexibility index (Phi) is 4.71. The molecule has 0 fully saturated rings. The Bertz CT molecular complexity index is 628. The molecule has 1 N–H and O–H groups in total. The van der Waals surface area contributed by atoms with Crippen molar-refractivity contribution >= 4 is 39.7 Å². The number of nitrogens with zero attached hydrogens (tertiary/aromatic N) is 1. The van der Waals surface area contributed by atoms with Crippen LogP contribution in [-0.4, -0.2) is 12.1 Å². The van der Waals surface area contributed by atoms with Crippen molar-refractivity contribution in [3.8, 4) is 0 Å². The molecule has 0 atom stereocenters. The lowest BCUT2D eigenvalue weighted by Gasteiger charge is -2.02. The molecular formula is C14H10BrClN2O. The molecule has 0 aromatic heterocycles. The molecule has 0 bridgehead atoms. The summed E-state index contributed by atoms with van der Waals surface area (Å²) in [6.07, 6.45) is 1.57. The maximum Gasteiger partial charge on any atom is 0.272 e. The van der Waals surface area contributed by atoms with Crippen LogP contribution in [0.1, 0.15) is 15.9 Å². The summed E-state index contributed by atoms with van der Waals surface area (Å²) in [4.78, 5) is 11.8. The average molecular weight is 338 g/mol. The molecule has 0 heterocycles. The first-order chi connectivity index (χ1) is 9.18. The second-order valence-electron chi connectivity index (χ2n) is 3.70. The molecule has 0 saturated heterocycles. The van der Waals surface area contributed by atoms with Gasteiger partial charge in [-0.25, -0.2) is 5.43 Å². The van der Waals surface area contributed by atoms with E-state index in [1.54, 1.807) is 30.5 Å². The molecular weight excluding hydrogens is 328 g/mol. The Morgan fingerprint density at radius 3 is 2.58 bits per heavy atom. The number of hydrazone groups is 1. The molecule has 2 aromatic carbocycles. The van der Waals surface area contributed by atoms with Gasteiger partial charge in [0.2, 0.25) is 0 Å². The molecule has 0 aliphatic rings. The third-order valence-corrected chi connectivity index (χ3v) is 3.45. The van der Waals surface area contributed by atoms with Crippen LogP contribution in [0.5, 0.6) is 0 Å². The molecule has 2 aromatic rings. The standard InChI is InChI=1S/C14H10BrClN2O/c15-12-7-3-1-5-10(12)9-17-18-14(19)11-6-2-4-8-13(11)16/h1-9H,(H,18,19)/b17-9+. The second kappa shape index (κ2) is 6.50. The summed E-state index contributed by atoms with van der Waals surface area (Å²) in [7, 11) is 0. The fraction of sp³-hybridized carbons (Fsp3) is 0. The maximum atomic E-state index is 11.8.